The van der Waals surface area contributed by atoms with Gasteiger partial charge in [-0.2, -0.15) is 0 Å². The largest absolute Gasteiger partial charge is 0.434 e. The van der Waals surface area contributed by atoms with Gasteiger partial charge in [-0.1, -0.05) is 11.6 Å². The van der Waals surface area contributed by atoms with Gasteiger partial charge in [0.05, 0.1) is 5.02 Å². The van der Waals surface area contributed by atoms with Crippen molar-refractivity contribution in [3.63, 3.8) is 0 Å². The number of hydrogen-bond donors (Lipinski definition) is 1. The molecule has 0 amide bonds. The van der Waals surface area contributed by atoms with Gasteiger partial charge < -0.3 is 10.5 Å². The second kappa shape index (κ2) is 5.63. The molecule has 0 bridgehead atoms. The van der Waals surface area contributed by atoms with Gasteiger partial charge in [-0.3, -0.25) is 4.98 Å². The fourth-order valence-corrected chi connectivity index (χ4v) is 2.20. The topological polar surface area (TPSA) is 61.0 Å². The van der Waals surface area contributed by atoms with Gasteiger partial charge in [-0.15, -0.1) is 0 Å². The standard InChI is InChI=1S/C15H11ClFN3O/c16-11-3-4-12(14-10(11)2-1-6-19-14)21-15-13(17)9(8-18)5-7-20-15/h1-7H,8,18H2. The van der Waals surface area contributed by atoms with Crippen LogP contribution in [-0.2, 0) is 6.54 Å². The van der Waals surface area contributed by atoms with E-state index in [-0.39, 0.29) is 12.4 Å². The molecular weight excluding hydrogens is 293 g/mol. The number of benzene rings is 1. The Balaban J connectivity index is 2.09. The van der Waals surface area contributed by atoms with Crippen molar-refractivity contribution in [2.75, 3.05) is 0 Å². The van der Waals surface area contributed by atoms with Crippen LogP contribution in [0.3, 0.4) is 0 Å². The minimum absolute atomic E-state index is 0.0737. The van der Waals surface area contributed by atoms with Crippen molar-refractivity contribution in [2.24, 2.45) is 5.73 Å². The lowest BCUT2D eigenvalue weighted by atomic mass is 10.2. The lowest BCUT2D eigenvalue weighted by Crippen LogP contribution is -2.03. The highest BCUT2D eigenvalue weighted by molar-refractivity contribution is 6.35. The Morgan fingerprint density at radius 1 is 1.14 bits per heavy atom. The van der Waals surface area contributed by atoms with Gasteiger partial charge in [-0.05, 0) is 30.3 Å². The van der Waals surface area contributed by atoms with Crippen LogP contribution < -0.4 is 10.5 Å². The van der Waals surface area contributed by atoms with Gasteiger partial charge >= 0.3 is 0 Å². The molecule has 0 aliphatic rings. The monoisotopic (exact) mass is 303 g/mol. The zero-order valence-electron chi connectivity index (χ0n) is 10.9. The van der Waals surface area contributed by atoms with Gasteiger partial charge in [0, 0.05) is 29.9 Å². The summed E-state index contributed by atoms with van der Waals surface area (Å²) in [5.41, 5.74) is 6.36. The number of ether oxygens (including phenoxy) is 1. The average Bonchev–Trinajstić information content (AvgIpc) is 2.52. The summed E-state index contributed by atoms with van der Waals surface area (Å²) in [7, 11) is 0. The van der Waals surface area contributed by atoms with E-state index in [1.165, 1.54) is 12.3 Å². The molecule has 2 aromatic heterocycles. The van der Waals surface area contributed by atoms with Crippen LogP contribution in [0.15, 0.2) is 42.7 Å². The number of halogens is 2. The van der Waals surface area contributed by atoms with Gasteiger partial charge in [-0.25, -0.2) is 9.37 Å². The molecule has 1 aromatic carbocycles. The highest BCUT2D eigenvalue weighted by atomic mass is 35.5. The van der Waals surface area contributed by atoms with Crippen LogP contribution >= 0.6 is 11.6 Å². The molecule has 21 heavy (non-hydrogen) atoms. The van der Waals surface area contributed by atoms with Crippen LogP contribution in [0.1, 0.15) is 5.56 Å². The molecule has 2 N–H and O–H groups in total. The SMILES string of the molecule is NCc1ccnc(Oc2ccc(Cl)c3cccnc23)c1F. The van der Waals surface area contributed by atoms with E-state index in [0.717, 1.165) is 5.39 Å². The van der Waals surface area contributed by atoms with E-state index in [9.17, 15) is 4.39 Å². The third kappa shape index (κ3) is 2.53. The number of hydrogen-bond acceptors (Lipinski definition) is 4. The smallest absolute Gasteiger partial charge is 0.256 e. The molecule has 0 saturated heterocycles. The lowest BCUT2D eigenvalue weighted by molar-refractivity contribution is 0.422. The predicted molar refractivity (Wildman–Crippen MR) is 78.9 cm³/mol. The Bertz CT molecular complexity index is 810. The Morgan fingerprint density at radius 2 is 2.00 bits per heavy atom. The number of pyridine rings is 2. The van der Waals surface area contributed by atoms with Gasteiger partial charge in [0.25, 0.3) is 5.88 Å². The first kappa shape index (κ1) is 13.7. The maximum atomic E-state index is 14.1. The minimum Gasteiger partial charge on any atom is -0.434 e. The molecule has 0 atom stereocenters. The quantitative estimate of drug-likeness (QED) is 0.802. The van der Waals surface area contributed by atoms with E-state index in [0.29, 0.717) is 21.9 Å². The van der Waals surface area contributed by atoms with Crippen LogP contribution in [0, 0.1) is 5.82 Å². The van der Waals surface area contributed by atoms with E-state index in [1.807, 2.05) is 6.07 Å². The molecule has 3 aromatic rings. The van der Waals surface area contributed by atoms with E-state index in [1.54, 1.807) is 24.4 Å². The second-order valence-corrected chi connectivity index (χ2v) is 4.75. The summed E-state index contributed by atoms with van der Waals surface area (Å²) < 4.78 is 19.7. The van der Waals surface area contributed by atoms with Crippen molar-refractivity contribution >= 4 is 22.5 Å². The summed E-state index contributed by atoms with van der Waals surface area (Å²) in [6, 6.07) is 8.41. The van der Waals surface area contributed by atoms with Crippen molar-refractivity contribution in [1.82, 2.24) is 9.97 Å². The second-order valence-electron chi connectivity index (χ2n) is 4.34. The molecule has 0 saturated carbocycles. The van der Waals surface area contributed by atoms with Crippen molar-refractivity contribution in [3.05, 3.63) is 59.1 Å². The molecule has 0 radical (unpaired) electrons. The van der Waals surface area contributed by atoms with Crippen molar-refractivity contribution in [3.8, 4) is 11.6 Å². The molecule has 106 valence electrons. The zero-order chi connectivity index (χ0) is 14.8. The zero-order valence-corrected chi connectivity index (χ0v) is 11.6. The number of nitrogens with two attached hydrogens (primary N) is 1. The Hall–Kier alpha value is -2.24. The highest BCUT2D eigenvalue weighted by Crippen LogP contribution is 2.33. The predicted octanol–water partition coefficient (Wildman–Crippen LogP) is 3.67. The maximum absolute atomic E-state index is 14.1. The Morgan fingerprint density at radius 3 is 2.81 bits per heavy atom. The van der Waals surface area contributed by atoms with Gasteiger partial charge in [0.1, 0.15) is 5.52 Å². The minimum atomic E-state index is -0.570. The lowest BCUT2D eigenvalue weighted by Gasteiger charge is -2.10. The summed E-state index contributed by atoms with van der Waals surface area (Å²) in [4.78, 5) is 8.12. The molecule has 0 aliphatic carbocycles. The first-order chi connectivity index (χ1) is 10.2. The molecule has 2 heterocycles. The highest BCUT2D eigenvalue weighted by Gasteiger charge is 2.13. The summed E-state index contributed by atoms with van der Waals surface area (Å²) in [5, 5.41) is 1.28. The molecule has 0 unspecified atom stereocenters. The van der Waals surface area contributed by atoms with E-state index in [4.69, 9.17) is 22.1 Å². The van der Waals surface area contributed by atoms with Crippen molar-refractivity contribution in [1.29, 1.82) is 0 Å². The maximum Gasteiger partial charge on any atom is 0.256 e. The summed E-state index contributed by atoms with van der Waals surface area (Å²) >= 11 is 6.11. The van der Waals surface area contributed by atoms with Crippen molar-refractivity contribution < 1.29 is 9.13 Å². The Labute approximate surface area is 125 Å². The summed E-state index contributed by atoms with van der Waals surface area (Å²) in [6.07, 6.45) is 3.07. The Kier molecular flexibility index (Phi) is 3.68. The van der Waals surface area contributed by atoms with E-state index >= 15 is 0 Å². The molecule has 4 nitrogen and oxygen atoms in total. The normalized spacial score (nSPS) is 10.8. The fraction of sp³-hybridized carbons (Fsp3) is 0.0667. The number of rotatable bonds is 3. The summed E-state index contributed by atoms with van der Waals surface area (Å²) in [5.74, 6) is -0.318. The van der Waals surface area contributed by atoms with Gasteiger partial charge in [0.2, 0.25) is 0 Å². The first-order valence-electron chi connectivity index (χ1n) is 6.25. The van der Waals surface area contributed by atoms with Crippen LogP contribution in [-0.4, -0.2) is 9.97 Å². The molecule has 6 heteroatoms. The van der Waals surface area contributed by atoms with E-state index < -0.39 is 5.82 Å². The van der Waals surface area contributed by atoms with Crippen LogP contribution in [0.2, 0.25) is 5.02 Å². The fourth-order valence-electron chi connectivity index (χ4n) is 1.99. The van der Waals surface area contributed by atoms with E-state index in [2.05, 4.69) is 9.97 Å². The third-order valence-corrected chi connectivity index (χ3v) is 3.37. The van der Waals surface area contributed by atoms with Crippen LogP contribution in [0.4, 0.5) is 4.39 Å². The summed E-state index contributed by atoms with van der Waals surface area (Å²) in [6.45, 7) is 0.0737. The van der Waals surface area contributed by atoms with Gasteiger partial charge in [0.15, 0.2) is 11.6 Å². The van der Waals surface area contributed by atoms with Crippen LogP contribution in [0.25, 0.3) is 10.9 Å². The third-order valence-electron chi connectivity index (χ3n) is 3.04. The number of fused-ring (bicyclic) bond motifs is 1. The van der Waals surface area contributed by atoms with Crippen LogP contribution in [0.5, 0.6) is 11.6 Å². The molecule has 0 aliphatic heterocycles. The number of aromatic nitrogens is 2. The molecule has 3 rings (SSSR count). The molecule has 0 spiro atoms. The van der Waals surface area contributed by atoms with Crippen molar-refractivity contribution in [2.45, 2.75) is 6.54 Å². The average molecular weight is 304 g/mol. The number of nitrogens with zero attached hydrogens (tertiary/aromatic N) is 2. The first-order valence-corrected chi connectivity index (χ1v) is 6.63. The molecular formula is C15H11ClFN3O. The molecule has 0 fully saturated rings.